The normalized spacial score (nSPS) is 17.6. The number of hydrogen-bond donors (Lipinski definition) is 2. The predicted molar refractivity (Wildman–Crippen MR) is 98.0 cm³/mol. The molecule has 1 saturated heterocycles. The number of carbonyl (C=O) groups is 1. The van der Waals surface area contributed by atoms with Gasteiger partial charge in [-0.1, -0.05) is 23.2 Å². The van der Waals surface area contributed by atoms with Crippen molar-refractivity contribution < 1.29 is 4.79 Å². The number of H-pyrrole nitrogens is 1. The quantitative estimate of drug-likeness (QED) is 0.855. The van der Waals surface area contributed by atoms with E-state index < -0.39 is 5.56 Å². The van der Waals surface area contributed by atoms with Gasteiger partial charge in [0.05, 0.1) is 0 Å². The molecule has 0 spiro atoms. The fourth-order valence-electron chi connectivity index (χ4n) is 3.05. The molecule has 25 heavy (non-hydrogen) atoms. The fraction of sp³-hybridized carbons (Fsp3) is 0.353. The Morgan fingerprint density at radius 1 is 1.28 bits per heavy atom. The number of nitrogens with one attached hydrogen (secondary N) is 1. The van der Waals surface area contributed by atoms with Gasteiger partial charge in [0.25, 0.3) is 11.5 Å². The topological polar surface area (TPSA) is 92.1 Å². The molecule has 1 aromatic carbocycles. The molecular weight excluding hydrogens is 363 g/mol. The zero-order valence-corrected chi connectivity index (χ0v) is 15.0. The molecule has 2 aromatic rings. The number of nitrogens with two attached hydrogens (primary N) is 1. The van der Waals surface area contributed by atoms with E-state index in [0.717, 1.165) is 19.3 Å². The van der Waals surface area contributed by atoms with E-state index in [1.54, 1.807) is 23.1 Å². The molecule has 8 heteroatoms. The summed E-state index contributed by atoms with van der Waals surface area (Å²) in [5, 5.41) is 0.869. The third-order valence-corrected chi connectivity index (χ3v) is 4.76. The van der Waals surface area contributed by atoms with Crippen molar-refractivity contribution in [2.75, 3.05) is 13.1 Å². The van der Waals surface area contributed by atoms with Gasteiger partial charge in [-0.15, -0.1) is 0 Å². The van der Waals surface area contributed by atoms with Crippen LogP contribution in [0.3, 0.4) is 0 Å². The average molecular weight is 381 g/mol. The van der Waals surface area contributed by atoms with E-state index in [1.807, 2.05) is 0 Å². The smallest absolute Gasteiger partial charge is 0.264 e. The predicted octanol–water partition coefficient (Wildman–Crippen LogP) is 2.70. The van der Waals surface area contributed by atoms with Crippen LogP contribution in [0.15, 0.2) is 29.2 Å². The van der Waals surface area contributed by atoms with Crippen molar-refractivity contribution in [1.29, 1.82) is 0 Å². The van der Waals surface area contributed by atoms with Gasteiger partial charge >= 0.3 is 0 Å². The summed E-state index contributed by atoms with van der Waals surface area (Å²) in [6.07, 6.45) is 4.10. The van der Waals surface area contributed by atoms with E-state index in [4.69, 9.17) is 28.9 Å². The number of aromatic amines is 1. The number of nitrogens with zero attached hydrogens (tertiary/aromatic N) is 2. The number of hydrogen-bond acceptors (Lipinski definition) is 4. The standard InChI is InChI=1S/C17H18Cl2N4O2/c18-11-5-10(6-12(19)7-11)15-21-9-14(16(24)22-15)17(25)23-4-2-1-3-13(23)8-20/h5-7,9,13H,1-4,8,20H2,(H,21,22,24)/t13-/m0/s1. The molecule has 132 valence electrons. The SMILES string of the molecule is NC[C@@H]1CCCCN1C(=O)c1cnc(-c2cc(Cl)cc(Cl)c2)[nH]c1=O. The molecule has 0 radical (unpaired) electrons. The van der Waals surface area contributed by atoms with Crippen LogP contribution in [0.2, 0.25) is 10.0 Å². The number of rotatable bonds is 3. The van der Waals surface area contributed by atoms with Crippen LogP contribution in [0, 0.1) is 0 Å². The summed E-state index contributed by atoms with van der Waals surface area (Å²) < 4.78 is 0. The first-order valence-electron chi connectivity index (χ1n) is 8.06. The Kier molecular flexibility index (Phi) is 5.42. The molecule has 0 unspecified atom stereocenters. The lowest BCUT2D eigenvalue weighted by Gasteiger charge is -2.34. The van der Waals surface area contributed by atoms with Crippen LogP contribution in [0.25, 0.3) is 11.4 Å². The molecule has 1 aliphatic rings. The molecule has 3 rings (SSSR count). The third kappa shape index (κ3) is 3.86. The molecule has 2 heterocycles. The zero-order chi connectivity index (χ0) is 18.0. The van der Waals surface area contributed by atoms with Crippen LogP contribution >= 0.6 is 23.2 Å². The Bertz CT molecular complexity index is 833. The number of aromatic nitrogens is 2. The van der Waals surface area contributed by atoms with Gasteiger partial charge < -0.3 is 15.6 Å². The first kappa shape index (κ1) is 17.9. The number of amides is 1. The van der Waals surface area contributed by atoms with Crippen LogP contribution in [-0.4, -0.2) is 39.9 Å². The number of piperidine rings is 1. The van der Waals surface area contributed by atoms with E-state index in [0.29, 0.717) is 34.5 Å². The Morgan fingerprint density at radius 3 is 2.64 bits per heavy atom. The van der Waals surface area contributed by atoms with Gasteiger partial charge in [-0.3, -0.25) is 9.59 Å². The molecule has 0 bridgehead atoms. The number of benzene rings is 1. The molecule has 0 aliphatic carbocycles. The maximum absolute atomic E-state index is 12.7. The van der Waals surface area contributed by atoms with Gasteiger partial charge in [0.1, 0.15) is 11.4 Å². The molecule has 1 aromatic heterocycles. The van der Waals surface area contributed by atoms with Crippen LogP contribution < -0.4 is 11.3 Å². The van der Waals surface area contributed by atoms with E-state index in [1.165, 1.54) is 6.20 Å². The summed E-state index contributed by atoms with van der Waals surface area (Å²) in [5.74, 6) is -0.0282. The maximum atomic E-state index is 12.7. The fourth-order valence-corrected chi connectivity index (χ4v) is 3.58. The first-order chi connectivity index (χ1) is 12.0. The second-order valence-corrected chi connectivity index (χ2v) is 6.89. The summed E-state index contributed by atoms with van der Waals surface area (Å²) in [7, 11) is 0. The summed E-state index contributed by atoms with van der Waals surface area (Å²) >= 11 is 12.0. The molecule has 3 N–H and O–H groups in total. The highest BCUT2D eigenvalue weighted by Crippen LogP contribution is 2.24. The van der Waals surface area contributed by atoms with Crippen molar-refractivity contribution in [3.8, 4) is 11.4 Å². The Labute approximate surface area is 155 Å². The highest BCUT2D eigenvalue weighted by molar-refractivity contribution is 6.35. The Hall–Kier alpha value is -1.89. The lowest BCUT2D eigenvalue weighted by molar-refractivity contribution is 0.0621. The van der Waals surface area contributed by atoms with Gasteiger partial charge in [0, 0.05) is 40.9 Å². The lowest BCUT2D eigenvalue weighted by atomic mass is 10.0. The second kappa shape index (κ2) is 7.56. The Morgan fingerprint density at radius 2 is 2.00 bits per heavy atom. The largest absolute Gasteiger partial charge is 0.334 e. The summed E-state index contributed by atoms with van der Waals surface area (Å²) in [6, 6.07) is 4.84. The van der Waals surface area contributed by atoms with E-state index in [9.17, 15) is 9.59 Å². The summed E-state index contributed by atoms with van der Waals surface area (Å²) in [4.78, 5) is 33.7. The first-order valence-corrected chi connectivity index (χ1v) is 8.82. The zero-order valence-electron chi connectivity index (χ0n) is 13.5. The minimum absolute atomic E-state index is 0.0113. The number of likely N-dealkylation sites (tertiary alicyclic amines) is 1. The van der Waals surface area contributed by atoms with E-state index >= 15 is 0 Å². The van der Waals surface area contributed by atoms with Crippen molar-refractivity contribution in [3.05, 3.63) is 50.4 Å². The molecule has 1 aliphatic heterocycles. The second-order valence-electron chi connectivity index (χ2n) is 6.02. The van der Waals surface area contributed by atoms with E-state index in [-0.39, 0.29) is 17.5 Å². The van der Waals surface area contributed by atoms with Gasteiger partial charge in [-0.2, -0.15) is 0 Å². The lowest BCUT2D eigenvalue weighted by Crippen LogP contribution is -2.48. The maximum Gasteiger partial charge on any atom is 0.264 e. The summed E-state index contributed by atoms with van der Waals surface area (Å²) in [5.41, 5.74) is 5.85. The molecule has 6 nitrogen and oxygen atoms in total. The highest BCUT2D eigenvalue weighted by atomic mass is 35.5. The van der Waals surface area contributed by atoms with Gasteiger partial charge in [-0.05, 0) is 37.5 Å². The van der Waals surface area contributed by atoms with Crippen molar-refractivity contribution in [2.24, 2.45) is 5.73 Å². The van der Waals surface area contributed by atoms with Crippen LogP contribution in [-0.2, 0) is 0 Å². The Balaban J connectivity index is 1.91. The summed E-state index contributed by atoms with van der Waals surface area (Å²) in [6.45, 7) is 0.988. The van der Waals surface area contributed by atoms with E-state index in [2.05, 4.69) is 9.97 Å². The molecule has 0 saturated carbocycles. The molecule has 1 fully saturated rings. The van der Waals surface area contributed by atoms with Gasteiger partial charge in [0.2, 0.25) is 0 Å². The minimum Gasteiger partial charge on any atom is -0.334 e. The third-order valence-electron chi connectivity index (χ3n) is 4.33. The minimum atomic E-state index is -0.493. The highest BCUT2D eigenvalue weighted by Gasteiger charge is 2.28. The monoisotopic (exact) mass is 380 g/mol. The molecule has 1 amide bonds. The van der Waals surface area contributed by atoms with Gasteiger partial charge in [-0.25, -0.2) is 4.98 Å². The molecule has 1 atom stereocenters. The van der Waals surface area contributed by atoms with Crippen molar-refractivity contribution in [1.82, 2.24) is 14.9 Å². The van der Waals surface area contributed by atoms with Crippen molar-refractivity contribution >= 4 is 29.1 Å². The molecular formula is C17H18Cl2N4O2. The van der Waals surface area contributed by atoms with Gasteiger partial charge in [0.15, 0.2) is 0 Å². The van der Waals surface area contributed by atoms with Crippen molar-refractivity contribution in [2.45, 2.75) is 25.3 Å². The van der Waals surface area contributed by atoms with Crippen molar-refractivity contribution in [3.63, 3.8) is 0 Å². The van der Waals surface area contributed by atoms with Crippen LogP contribution in [0.1, 0.15) is 29.6 Å². The average Bonchev–Trinajstić information content (AvgIpc) is 2.60. The van der Waals surface area contributed by atoms with Crippen LogP contribution in [0.5, 0.6) is 0 Å². The van der Waals surface area contributed by atoms with Crippen LogP contribution in [0.4, 0.5) is 0 Å². The number of halogens is 2. The number of carbonyl (C=O) groups excluding carboxylic acids is 1.